The molecule has 3 N–H and O–H groups in total. The van der Waals surface area contributed by atoms with Crippen LogP contribution in [0, 0.1) is 23.2 Å². The summed E-state index contributed by atoms with van der Waals surface area (Å²) in [5.74, 6) is 0.475. The molecule has 0 aromatic rings. The third-order valence-electron chi connectivity index (χ3n) is 6.46. The molecule has 1 spiro atoms. The molecule has 6 atom stereocenters. The fraction of sp³-hybridized carbons (Fsp3) is 0.647. The summed E-state index contributed by atoms with van der Waals surface area (Å²) in [6.07, 6.45) is 9.03. The van der Waals surface area contributed by atoms with Gasteiger partial charge in [0.2, 0.25) is 5.79 Å². The van der Waals surface area contributed by atoms with E-state index in [9.17, 15) is 10.2 Å². The van der Waals surface area contributed by atoms with E-state index < -0.39 is 11.9 Å². The molecule has 3 fully saturated rings. The lowest BCUT2D eigenvalue weighted by atomic mass is 9.48. The van der Waals surface area contributed by atoms with Crippen LogP contribution in [0.4, 0.5) is 0 Å². The Morgan fingerprint density at radius 3 is 3.05 bits per heavy atom. The van der Waals surface area contributed by atoms with Crippen LogP contribution in [-0.4, -0.2) is 41.8 Å². The van der Waals surface area contributed by atoms with Gasteiger partial charge in [-0.3, -0.25) is 0 Å². The van der Waals surface area contributed by atoms with Gasteiger partial charge < -0.3 is 25.0 Å². The highest BCUT2D eigenvalue weighted by molar-refractivity contribution is 5.38. The average molecular weight is 303 g/mol. The SMILES string of the molecule is COC1=C2OC3C(O)(O)C=CC4[C@H]5CC(C=C1)C2[C@]43CCN5. The summed E-state index contributed by atoms with van der Waals surface area (Å²) < 4.78 is 11.7. The lowest BCUT2D eigenvalue weighted by Crippen LogP contribution is -2.67. The van der Waals surface area contributed by atoms with E-state index in [1.165, 1.54) is 6.08 Å². The number of rotatable bonds is 1. The van der Waals surface area contributed by atoms with E-state index in [4.69, 9.17) is 9.47 Å². The predicted octanol–water partition coefficient (Wildman–Crippen LogP) is 0.664. The van der Waals surface area contributed by atoms with Crippen LogP contribution in [0.2, 0.25) is 0 Å². The Morgan fingerprint density at radius 2 is 2.23 bits per heavy atom. The maximum absolute atomic E-state index is 10.5. The van der Waals surface area contributed by atoms with Crippen LogP contribution in [0.3, 0.4) is 0 Å². The van der Waals surface area contributed by atoms with Gasteiger partial charge in [0, 0.05) is 23.3 Å². The molecule has 2 heterocycles. The van der Waals surface area contributed by atoms with Crippen molar-refractivity contribution in [3.8, 4) is 0 Å². The van der Waals surface area contributed by atoms with Crippen LogP contribution < -0.4 is 5.32 Å². The second-order valence-electron chi connectivity index (χ2n) is 7.26. The predicted molar refractivity (Wildman–Crippen MR) is 78.3 cm³/mol. The second-order valence-corrected chi connectivity index (χ2v) is 7.26. The Balaban J connectivity index is 1.76. The highest BCUT2D eigenvalue weighted by Gasteiger charge is 2.71. The minimum absolute atomic E-state index is 0.185. The standard InChI is InChI=1S/C17H21NO4/c1-21-12-3-2-9-8-11-10-4-5-17(19,20)15-16(10,6-7-18-11)13(9)14(12)22-15/h2-5,9-11,13,15,18-20H,6-8H2,1H3/t9?,10?,11-,13?,15?,16+/m1/s1. The minimum atomic E-state index is -1.91. The Labute approximate surface area is 129 Å². The van der Waals surface area contributed by atoms with Crippen molar-refractivity contribution in [2.45, 2.75) is 30.8 Å². The van der Waals surface area contributed by atoms with Gasteiger partial charge in [0.25, 0.3) is 0 Å². The molecule has 5 nitrogen and oxygen atoms in total. The van der Waals surface area contributed by atoms with Gasteiger partial charge in [0.1, 0.15) is 5.76 Å². The first-order chi connectivity index (χ1) is 10.6. The normalized spacial score (nSPS) is 49.7. The van der Waals surface area contributed by atoms with Gasteiger partial charge in [-0.05, 0) is 37.5 Å². The third-order valence-corrected chi connectivity index (χ3v) is 6.46. The molecule has 5 aliphatic rings. The largest absolute Gasteiger partial charge is 0.493 e. The van der Waals surface area contributed by atoms with Crippen molar-refractivity contribution in [3.05, 3.63) is 35.8 Å². The van der Waals surface area contributed by atoms with Crippen molar-refractivity contribution in [3.63, 3.8) is 0 Å². The maximum atomic E-state index is 10.5. The molecular formula is C17H21NO4. The van der Waals surface area contributed by atoms with Crippen LogP contribution in [0.25, 0.3) is 0 Å². The van der Waals surface area contributed by atoms with E-state index in [2.05, 4.69) is 11.4 Å². The molecule has 5 heteroatoms. The van der Waals surface area contributed by atoms with E-state index in [1.807, 2.05) is 12.2 Å². The lowest BCUT2D eigenvalue weighted by Gasteiger charge is -2.58. The first-order valence-corrected chi connectivity index (χ1v) is 8.08. The third kappa shape index (κ3) is 1.32. The Kier molecular flexibility index (Phi) is 2.37. The summed E-state index contributed by atoms with van der Waals surface area (Å²) >= 11 is 0. The molecule has 0 radical (unpaired) electrons. The molecule has 0 amide bonds. The fourth-order valence-electron chi connectivity index (χ4n) is 5.77. The van der Waals surface area contributed by atoms with Gasteiger partial charge in [-0.15, -0.1) is 0 Å². The van der Waals surface area contributed by atoms with Crippen LogP contribution >= 0.6 is 0 Å². The molecule has 2 bridgehead atoms. The maximum Gasteiger partial charge on any atom is 0.221 e. The van der Waals surface area contributed by atoms with E-state index in [-0.39, 0.29) is 17.3 Å². The number of piperidine rings is 1. The van der Waals surface area contributed by atoms with Crippen LogP contribution in [-0.2, 0) is 9.47 Å². The van der Waals surface area contributed by atoms with Crippen molar-refractivity contribution in [2.75, 3.05) is 13.7 Å². The Morgan fingerprint density at radius 1 is 1.36 bits per heavy atom. The molecule has 2 aliphatic heterocycles. The summed E-state index contributed by atoms with van der Waals surface area (Å²) in [5, 5.41) is 24.7. The van der Waals surface area contributed by atoms with Gasteiger partial charge in [-0.25, -0.2) is 0 Å². The molecule has 5 rings (SSSR count). The summed E-state index contributed by atoms with van der Waals surface area (Å²) in [6, 6.07) is 0.376. The van der Waals surface area contributed by atoms with Crippen LogP contribution in [0.1, 0.15) is 12.8 Å². The van der Waals surface area contributed by atoms with Gasteiger partial charge >= 0.3 is 0 Å². The van der Waals surface area contributed by atoms with Gasteiger partial charge in [-0.1, -0.05) is 12.2 Å². The molecular weight excluding hydrogens is 282 g/mol. The lowest BCUT2D eigenvalue weighted by molar-refractivity contribution is -0.236. The quantitative estimate of drug-likeness (QED) is 0.490. The van der Waals surface area contributed by atoms with Gasteiger partial charge in [0.15, 0.2) is 11.9 Å². The molecule has 118 valence electrons. The number of methoxy groups -OCH3 is 1. The molecule has 22 heavy (non-hydrogen) atoms. The summed E-state index contributed by atoms with van der Waals surface area (Å²) in [5.41, 5.74) is -0.249. The van der Waals surface area contributed by atoms with Crippen LogP contribution in [0.5, 0.6) is 0 Å². The van der Waals surface area contributed by atoms with Crippen molar-refractivity contribution in [1.29, 1.82) is 0 Å². The van der Waals surface area contributed by atoms with Crippen molar-refractivity contribution >= 4 is 0 Å². The highest BCUT2D eigenvalue weighted by atomic mass is 16.6. The molecule has 0 aromatic carbocycles. The van der Waals surface area contributed by atoms with E-state index >= 15 is 0 Å². The minimum Gasteiger partial charge on any atom is -0.493 e. The Bertz CT molecular complexity index is 622. The van der Waals surface area contributed by atoms with E-state index in [1.54, 1.807) is 7.11 Å². The number of allylic oxidation sites excluding steroid dienone is 3. The molecule has 2 saturated heterocycles. The highest BCUT2D eigenvalue weighted by Crippen LogP contribution is 2.67. The fourth-order valence-corrected chi connectivity index (χ4v) is 5.77. The number of ether oxygens (including phenoxy) is 2. The van der Waals surface area contributed by atoms with E-state index in [0.717, 1.165) is 30.9 Å². The zero-order valence-electron chi connectivity index (χ0n) is 12.5. The molecule has 1 saturated carbocycles. The monoisotopic (exact) mass is 303 g/mol. The van der Waals surface area contributed by atoms with Crippen molar-refractivity contribution < 1.29 is 19.7 Å². The summed E-state index contributed by atoms with van der Waals surface area (Å²) in [4.78, 5) is 0. The second kappa shape index (κ2) is 3.96. The molecule has 0 aromatic heterocycles. The van der Waals surface area contributed by atoms with Gasteiger partial charge in [-0.2, -0.15) is 0 Å². The zero-order chi connectivity index (χ0) is 15.1. The van der Waals surface area contributed by atoms with Crippen molar-refractivity contribution in [1.82, 2.24) is 5.32 Å². The number of hydrogen-bond acceptors (Lipinski definition) is 5. The summed E-state index contributed by atoms with van der Waals surface area (Å²) in [7, 11) is 1.64. The van der Waals surface area contributed by atoms with Crippen molar-refractivity contribution in [2.24, 2.45) is 23.2 Å². The molecule has 4 unspecified atom stereocenters. The number of hydrogen-bond donors (Lipinski definition) is 3. The van der Waals surface area contributed by atoms with Crippen LogP contribution in [0.15, 0.2) is 35.8 Å². The summed E-state index contributed by atoms with van der Waals surface area (Å²) in [6.45, 7) is 0.896. The number of nitrogens with one attached hydrogen (secondary N) is 1. The average Bonchev–Trinajstić information content (AvgIpc) is 2.83. The topological polar surface area (TPSA) is 71.0 Å². The Hall–Kier alpha value is -1.30. The number of aliphatic hydroxyl groups is 2. The first-order valence-electron chi connectivity index (χ1n) is 8.08. The van der Waals surface area contributed by atoms with E-state index in [0.29, 0.717) is 12.0 Å². The zero-order valence-corrected chi connectivity index (χ0v) is 12.5. The smallest absolute Gasteiger partial charge is 0.221 e. The first kappa shape index (κ1) is 13.2. The molecule has 3 aliphatic carbocycles. The van der Waals surface area contributed by atoms with Gasteiger partial charge in [0.05, 0.1) is 7.11 Å².